The lowest BCUT2D eigenvalue weighted by molar-refractivity contribution is 0.675. The predicted molar refractivity (Wildman–Crippen MR) is 126 cm³/mol. The molecule has 0 aromatic rings. The Kier molecular flexibility index (Phi) is 41.0. The normalized spacial score (nSPS) is 9.76. The average molecular weight is 369 g/mol. The molecule has 0 saturated carbocycles. The molecule has 1 unspecified atom stereocenters. The first-order valence-electron chi connectivity index (χ1n) is 10.8. The minimum absolute atomic E-state index is 1.19. The van der Waals surface area contributed by atoms with Crippen molar-refractivity contribution in [3.63, 3.8) is 0 Å². The number of rotatable bonds is 15. The fourth-order valence-electron chi connectivity index (χ4n) is 2.22. The summed E-state index contributed by atoms with van der Waals surface area (Å²) in [5.74, 6) is 2.05. The monoisotopic (exact) mass is 368 g/mol. The highest BCUT2D eigenvalue weighted by Crippen LogP contribution is 2.03. The van der Waals surface area contributed by atoms with E-state index in [0.29, 0.717) is 0 Å². The van der Waals surface area contributed by atoms with Crippen molar-refractivity contribution < 1.29 is 0 Å². The summed E-state index contributed by atoms with van der Waals surface area (Å²) in [5.41, 5.74) is 0. The molecule has 25 heavy (non-hydrogen) atoms. The highest BCUT2D eigenvalue weighted by molar-refractivity contribution is 7.20. The molecule has 0 heterocycles. The van der Waals surface area contributed by atoms with Crippen LogP contribution < -0.4 is 0 Å². The molecule has 0 aliphatic carbocycles. The van der Waals surface area contributed by atoms with Gasteiger partial charge in [-0.1, -0.05) is 103 Å². The van der Waals surface area contributed by atoms with Crippen LogP contribution in [0.5, 0.6) is 0 Å². The van der Waals surface area contributed by atoms with E-state index in [4.69, 9.17) is 0 Å². The van der Waals surface area contributed by atoms with Crippen molar-refractivity contribution in [2.24, 2.45) is 0 Å². The summed E-state index contributed by atoms with van der Waals surface area (Å²) < 4.78 is 0. The van der Waals surface area contributed by atoms with Crippen LogP contribution in [0, 0.1) is 0 Å². The van der Waals surface area contributed by atoms with Crippen LogP contribution in [-0.2, 0) is 0 Å². The number of unbranched alkanes of at least 4 members (excludes halogenated alkanes) is 12. The van der Waals surface area contributed by atoms with Gasteiger partial charge in [-0.15, -0.1) is 22.4 Å². The van der Waals surface area contributed by atoms with Crippen molar-refractivity contribution >= 4 is 9.24 Å². The third kappa shape index (κ3) is 45.3. The number of hydrogen-bond donors (Lipinski definition) is 0. The van der Waals surface area contributed by atoms with Gasteiger partial charge in [-0.05, 0) is 38.5 Å². The largest absolute Gasteiger partial charge is 0.114 e. The molecule has 0 N–H and O–H groups in total. The standard InChI is InChI=1S/C8H17P.2C8H16/c1-2-3-4-5-6-7-8-9;2*1-3-5-7-8-6-4-2/h7-8H,2-6,9H2,1H3;2*3H,1,4-8H2,2H3. The third-order valence-corrected chi connectivity index (χ3v) is 4.16. The maximum Gasteiger partial charge on any atom is -0.0347 e. The molecule has 0 radical (unpaired) electrons. The van der Waals surface area contributed by atoms with E-state index in [2.05, 4.69) is 49.2 Å². The Morgan fingerprint density at radius 3 is 1.20 bits per heavy atom. The Morgan fingerprint density at radius 1 is 0.560 bits per heavy atom. The zero-order valence-electron chi connectivity index (χ0n) is 17.9. The maximum absolute atomic E-state index is 3.66. The third-order valence-electron chi connectivity index (χ3n) is 3.88. The smallest absolute Gasteiger partial charge is 0.0347 e. The maximum atomic E-state index is 3.66. The second-order valence-electron chi connectivity index (χ2n) is 6.55. The van der Waals surface area contributed by atoms with Crippen molar-refractivity contribution in [2.45, 2.75) is 117 Å². The Bertz CT molecular complexity index is 226. The molecule has 0 spiro atoms. The molecule has 1 heteroatoms. The number of hydrogen-bond acceptors (Lipinski definition) is 0. The fraction of sp³-hybridized carbons (Fsp3) is 0.750. The first-order chi connectivity index (χ1) is 12.2. The van der Waals surface area contributed by atoms with E-state index in [1.807, 2.05) is 18.0 Å². The SMILES string of the molecule is C=CCCCCCC.C=CCCCCCC.CCCCCCC=CP. The van der Waals surface area contributed by atoms with Gasteiger partial charge in [0.2, 0.25) is 0 Å². The highest BCUT2D eigenvalue weighted by Gasteiger charge is 1.83. The first kappa shape index (κ1) is 29.4. The minimum atomic E-state index is 1.19. The minimum Gasteiger partial charge on any atom is -0.114 e. The molecular formula is C24H49P. The summed E-state index contributed by atoms with van der Waals surface area (Å²) in [5, 5.41) is 0. The molecule has 0 aromatic carbocycles. The number of allylic oxidation sites excluding steroid dienone is 3. The molecule has 0 bridgehead atoms. The fourth-order valence-corrected chi connectivity index (χ4v) is 2.41. The van der Waals surface area contributed by atoms with E-state index in [-0.39, 0.29) is 0 Å². The van der Waals surface area contributed by atoms with Crippen LogP contribution in [0.3, 0.4) is 0 Å². The summed E-state index contributed by atoms with van der Waals surface area (Å²) in [6.45, 7) is 14.0. The molecule has 0 aliphatic heterocycles. The van der Waals surface area contributed by atoms with Gasteiger partial charge in [-0.2, -0.15) is 0 Å². The Labute approximate surface area is 163 Å². The summed E-state index contributed by atoms with van der Waals surface area (Å²) in [6, 6.07) is 0. The summed E-state index contributed by atoms with van der Waals surface area (Å²) in [4.78, 5) is 0. The molecule has 0 nitrogen and oxygen atoms in total. The van der Waals surface area contributed by atoms with Gasteiger partial charge in [-0.25, -0.2) is 0 Å². The van der Waals surface area contributed by atoms with Crippen LogP contribution in [0.2, 0.25) is 0 Å². The van der Waals surface area contributed by atoms with Crippen LogP contribution in [0.25, 0.3) is 0 Å². The molecular weight excluding hydrogens is 319 g/mol. The zero-order valence-corrected chi connectivity index (χ0v) is 19.1. The molecule has 0 saturated heterocycles. The van der Waals surface area contributed by atoms with Gasteiger partial charge in [0.1, 0.15) is 0 Å². The topological polar surface area (TPSA) is 0 Å². The van der Waals surface area contributed by atoms with Crippen molar-refractivity contribution in [1.29, 1.82) is 0 Å². The Hall–Kier alpha value is -0.350. The first-order valence-corrected chi connectivity index (χ1v) is 11.5. The molecule has 1 atom stereocenters. The van der Waals surface area contributed by atoms with E-state index in [9.17, 15) is 0 Å². The summed E-state index contributed by atoms with van der Waals surface area (Å²) in [7, 11) is 2.60. The second-order valence-corrected chi connectivity index (χ2v) is 6.94. The Morgan fingerprint density at radius 2 is 0.920 bits per heavy atom. The second kappa shape index (κ2) is 34.9. The molecule has 0 aliphatic rings. The summed E-state index contributed by atoms with van der Waals surface area (Å²) in [6.07, 6.45) is 26.2. The summed E-state index contributed by atoms with van der Waals surface area (Å²) >= 11 is 0. The molecule has 0 fully saturated rings. The van der Waals surface area contributed by atoms with Crippen molar-refractivity contribution in [3.05, 3.63) is 37.2 Å². The molecule has 0 amide bonds. The molecule has 150 valence electrons. The van der Waals surface area contributed by atoms with Gasteiger partial charge in [-0.3, -0.25) is 0 Å². The van der Waals surface area contributed by atoms with Gasteiger partial charge in [0.05, 0.1) is 0 Å². The molecule has 0 rings (SSSR count). The van der Waals surface area contributed by atoms with Gasteiger partial charge < -0.3 is 0 Å². The Balaban J connectivity index is -0.000000291. The van der Waals surface area contributed by atoms with E-state index in [1.54, 1.807) is 0 Å². The van der Waals surface area contributed by atoms with Gasteiger partial charge >= 0.3 is 0 Å². The van der Waals surface area contributed by atoms with Crippen molar-refractivity contribution in [3.8, 4) is 0 Å². The van der Waals surface area contributed by atoms with Crippen LogP contribution in [0.15, 0.2) is 37.2 Å². The quantitative estimate of drug-likeness (QED) is 0.153. The predicted octanol–water partition coefficient (Wildman–Crippen LogP) is 9.63. The average Bonchev–Trinajstić information content (AvgIpc) is 2.64. The van der Waals surface area contributed by atoms with E-state index in [0.717, 1.165) is 0 Å². The lowest BCUT2D eigenvalue weighted by Crippen LogP contribution is -1.72. The van der Waals surface area contributed by atoms with Gasteiger partial charge in [0.25, 0.3) is 0 Å². The zero-order chi connectivity index (χ0) is 19.4. The molecule has 0 aromatic heterocycles. The van der Waals surface area contributed by atoms with E-state index in [1.165, 1.54) is 96.3 Å². The van der Waals surface area contributed by atoms with Crippen molar-refractivity contribution in [1.82, 2.24) is 0 Å². The lowest BCUT2D eigenvalue weighted by Gasteiger charge is -1.92. The van der Waals surface area contributed by atoms with Crippen molar-refractivity contribution in [2.75, 3.05) is 0 Å². The van der Waals surface area contributed by atoms with Gasteiger partial charge in [0.15, 0.2) is 0 Å². The lowest BCUT2D eigenvalue weighted by atomic mass is 10.2. The van der Waals surface area contributed by atoms with Crippen LogP contribution in [0.1, 0.15) is 117 Å². The van der Waals surface area contributed by atoms with Gasteiger partial charge in [0, 0.05) is 0 Å². The van der Waals surface area contributed by atoms with Crippen LogP contribution >= 0.6 is 9.24 Å². The van der Waals surface area contributed by atoms with E-state index >= 15 is 0 Å². The van der Waals surface area contributed by atoms with Crippen LogP contribution in [0.4, 0.5) is 0 Å². The van der Waals surface area contributed by atoms with Crippen LogP contribution in [-0.4, -0.2) is 0 Å². The van der Waals surface area contributed by atoms with E-state index < -0.39 is 0 Å². The highest BCUT2D eigenvalue weighted by atomic mass is 31.0.